The third-order valence-electron chi connectivity index (χ3n) is 6.63. The second kappa shape index (κ2) is 7.76. The summed E-state index contributed by atoms with van der Waals surface area (Å²) in [5.74, 6) is 1.19. The summed E-state index contributed by atoms with van der Waals surface area (Å²) in [6.45, 7) is 6.58. The number of nitrogens with zero attached hydrogens (tertiary/aromatic N) is 4. The number of aromatic nitrogens is 2. The van der Waals surface area contributed by atoms with Gasteiger partial charge in [0, 0.05) is 37.4 Å². The van der Waals surface area contributed by atoms with E-state index in [1.54, 1.807) is 4.90 Å². The molecule has 0 unspecified atom stereocenters. The van der Waals surface area contributed by atoms with Crippen LogP contribution in [0.15, 0.2) is 54.7 Å². The summed E-state index contributed by atoms with van der Waals surface area (Å²) in [6.07, 6.45) is 3.59. The predicted molar refractivity (Wildman–Crippen MR) is 127 cm³/mol. The van der Waals surface area contributed by atoms with Crippen LogP contribution in [0.1, 0.15) is 33.6 Å². The molecule has 1 aliphatic heterocycles. The highest BCUT2D eigenvalue weighted by Crippen LogP contribution is 2.42. The maximum atomic E-state index is 12.5. The second-order valence-corrected chi connectivity index (χ2v) is 10.0. The minimum Gasteiger partial charge on any atom is -0.444 e. The Bertz CT molecular complexity index is 1160. The van der Waals surface area contributed by atoms with Gasteiger partial charge in [0.25, 0.3) is 0 Å². The van der Waals surface area contributed by atoms with Crippen LogP contribution in [0.5, 0.6) is 0 Å². The Hall–Kier alpha value is -3.15. The molecule has 2 fully saturated rings. The summed E-state index contributed by atoms with van der Waals surface area (Å²) < 4.78 is 5.57. The van der Waals surface area contributed by atoms with E-state index in [2.05, 4.69) is 52.3 Å². The fraction of sp³-hybridized carbons (Fsp3) is 0.423. The normalized spacial score (nSPS) is 22.4. The molecule has 3 aromatic rings. The number of benzene rings is 2. The van der Waals surface area contributed by atoms with Crippen LogP contribution in [0.25, 0.3) is 22.0 Å². The van der Waals surface area contributed by atoms with Crippen LogP contribution in [0, 0.1) is 5.92 Å². The molecule has 5 rings (SSSR count). The average Bonchev–Trinajstić information content (AvgIpc) is 3.38. The first-order chi connectivity index (χ1) is 15.3. The van der Waals surface area contributed by atoms with E-state index < -0.39 is 5.60 Å². The third kappa shape index (κ3) is 3.90. The zero-order chi connectivity index (χ0) is 22.5. The van der Waals surface area contributed by atoms with E-state index in [0.717, 1.165) is 36.6 Å². The molecule has 6 heteroatoms. The van der Waals surface area contributed by atoms with Crippen molar-refractivity contribution in [2.24, 2.45) is 5.92 Å². The molecule has 0 spiro atoms. The largest absolute Gasteiger partial charge is 0.444 e. The number of anilines is 1. The SMILES string of the molecule is CN(C(=O)OC(C)(C)C)[C@H]1C[C@H]2C[C@@H]1CN2c1nccc(-c2ccc3ccccc3c2)n1. The molecular formula is C26H30N4O2. The number of amides is 1. The molecule has 32 heavy (non-hydrogen) atoms. The minimum atomic E-state index is -0.480. The number of rotatable bonds is 3. The van der Waals surface area contributed by atoms with Gasteiger partial charge in [0.15, 0.2) is 0 Å². The first-order valence-electron chi connectivity index (χ1n) is 11.3. The van der Waals surface area contributed by atoms with Gasteiger partial charge in [-0.2, -0.15) is 0 Å². The van der Waals surface area contributed by atoms with E-state index >= 15 is 0 Å². The second-order valence-electron chi connectivity index (χ2n) is 10.0. The number of hydrogen-bond acceptors (Lipinski definition) is 5. The van der Waals surface area contributed by atoms with Gasteiger partial charge in [-0.3, -0.25) is 0 Å². The number of ether oxygens (including phenoxy) is 1. The van der Waals surface area contributed by atoms with E-state index in [-0.39, 0.29) is 12.1 Å². The molecule has 3 atom stereocenters. The molecular weight excluding hydrogens is 400 g/mol. The smallest absolute Gasteiger partial charge is 0.410 e. The first kappa shape index (κ1) is 20.7. The third-order valence-corrected chi connectivity index (χ3v) is 6.63. The summed E-state index contributed by atoms with van der Waals surface area (Å²) in [4.78, 5) is 26.1. The highest BCUT2D eigenvalue weighted by molar-refractivity contribution is 5.86. The lowest BCUT2D eigenvalue weighted by Crippen LogP contribution is -2.48. The Morgan fingerprint density at radius 3 is 2.59 bits per heavy atom. The van der Waals surface area contributed by atoms with Gasteiger partial charge in [-0.25, -0.2) is 14.8 Å². The molecule has 1 saturated carbocycles. The number of hydrogen-bond donors (Lipinski definition) is 0. The molecule has 2 heterocycles. The molecule has 0 N–H and O–H groups in total. The standard InChI is InChI=1S/C26H30N4O2/c1-26(2,3)32-25(31)29(4)23-15-21-14-20(23)16-30(21)24-27-12-11-22(28-24)19-10-9-17-7-5-6-8-18(17)13-19/h5-13,20-21,23H,14-16H2,1-4H3/t20-,21-,23+/m1/s1. The van der Waals surface area contributed by atoms with Crippen molar-refractivity contribution in [2.45, 2.75) is 51.3 Å². The number of piperidine rings is 1. The van der Waals surface area contributed by atoms with Gasteiger partial charge in [-0.1, -0.05) is 36.4 Å². The summed E-state index contributed by atoms with van der Waals surface area (Å²) in [5.41, 5.74) is 1.55. The number of carbonyl (C=O) groups excluding carboxylic acids is 1. The Morgan fingerprint density at radius 2 is 1.88 bits per heavy atom. The van der Waals surface area contributed by atoms with Crippen LogP contribution in [-0.4, -0.2) is 52.2 Å². The molecule has 1 amide bonds. The first-order valence-corrected chi connectivity index (χ1v) is 11.3. The van der Waals surface area contributed by atoms with Crippen molar-refractivity contribution < 1.29 is 9.53 Å². The topological polar surface area (TPSA) is 58.6 Å². The molecule has 166 valence electrons. The highest BCUT2D eigenvalue weighted by Gasteiger charge is 2.48. The summed E-state index contributed by atoms with van der Waals surface area (Å²) >= 11 is 0. The fourth-order valence-electron chi connectivity index (χ4n) is 5.11. The van der Waals surface area contributed by atoms with E-state index in [9.17, 15) is 4.79 Å². The monoisotopic (exact) mass is 430 g/mol. The van der Waals surface area contributed by atoms with Gasteiger partial charge in [-0.05, 0) is 62.4 Å². The molecule has 2 bridgehead atoms. The lowest BCUT2D eigenvalue weighted by Gasteiger charge is -2.37. The number of carbonyl (C=O) groups is 1. The van der Waals surface area contributed by atoms with Crippen LogP contribution >= 0.6 is 0 Å². The van der Waals surface area contributed by atoms with Crippen LogP contribution in [0.2, 0.25) is 0 Å². The van der Waals surface area contributed by atoms with Gasteiger partial charge in [0.2, 0.25) is 5.95 Å². The molecule has 1 aromatic heterocycles. The van der Waals surface area contributed by atoms with Gasteiger partial charge >= 0.3 is 6.09 Å². The molecule has 2 aromatic carbocycles. The zero-order valence-electron chi connectivity index (χ0n) is 19.2. The van der Waals surface area contributed by atoms with Gasteiger partial charge in [0.1, 0.15) is 5.60 Å². The quantitative estimate of drug-likeness (QED) is 0.576. The molecule has 2 aliphatic rings. The van der Waals surface area contributed by atoms with Crippen molar-refractivity contribution in [3.05, 3.63) is 54.7 Å². The lowest BCUT2D eigenvalue weighted by atomic mass is 10.0. The van der Waals surface area contributed by atoms with Crippen molar-refractivity contribution in [1.29, 1.82) is 0 Å². The van der Waals surface area contributed by atoms with Gasteiger partial charge in [-0.15, -0.1) is 0 Å². The number of fused-ring (bicyclic) bond motifs is 3. The van der Waals surface area contributed by atoms with E-state index in [1.807, 2.05) is 40.1 Å². The summed E-state index contributed by atoms with van der Waals surface area (Å²) in [5, 5.41) is 2.43. The van der Waals surface area contributed by atoms with E-state index in [4.69, 9.17) is 9.72 Å². The van der Waals surface area contributed by atoms with Crippen molar-refractivity contribution in [2.75, 3.05) is 18.5 Å². The van der Waals surface area contributed by atoms with Crippen molar-refractivity contribution in [3.8, 4) is 11.3 Å². The Balaban J connectivity index is 1.32. The molecule has 1 saturated heterocycles. The lowest BCUT2D eigenvalue weighted by molar-refractivity contribution is 0.0182. The summed E-state index contributed by atoms with van der Waals surface area (Å²) in [6, 6.07) is 17.3. The van der Waals surface area contributed by atoms with E-state index in [1.165, 1.54) is 10.8 Å². The molecule has 0 radical (unpaired) electrons. The maximum Gasteiger partial charge on any atom is 0.410 e. The zero-order valence-corrected chi connectivity index (χ0v) is 19.2. The average molecular weight is 431 g/mol. The summed E-state index contributed by atoms with van der Waals surface area (Å²) in [7, 11) is 1.86. The van der Waals surface area contributed by atoms with Crippen LogP contribution in [0.4, 0.5) is 10.7 Å². The van der Waals surface area contributed by atoms with Crippen molar-refractivity contribution in [3.63, 3.8) is 0 Å². The Labute approximate surface area is 189 Å². The van der Waals surface area contributed by atoms with Crippen LogP contribution in [-0.2, 0) is 4.74 Å². The van der Waals surface area contributed by atoms with Gasteiger partial charge < -0.3 is 14.5 Å². The maximum absolute atomic E-state index is 12.5. The van der Waals surface area contributed by atoms with Crippen LogP contribution in [0.3, 0.4) is 0 Å². The molecule has 1 aliphatic carbocycles. The fourth-order valence-corrected chi connectivity index (χ4v) is 5.11. The predicted octanol–water partition coefficient (Wildman–Crippen LogP) is 5.13. The minimum absolute atomic E-state index is 0.203. The van der Waals surface area contributed by atoms with Crippen molar-refractivity contribution in [1.82, 2.24) is 14.9 Å². The van der Waals surface area contributed by atoms with Crippen molar-refractivity contribution >= 4 is 22.8 Å². The Morgan fingerprint density at radius 1 is 1.09 bits per heavy atom. The Kier molecular flexibility index (Phi) is 5.03. The highest BCUT2D eigenvalue weighted by atomic mass is 16.6. The molecule has 6 nitrogen and oxygen atoms in total. The van der Waals surface area contributed by atoms with E-state index in [0.29, 0.717) is 12.0 Å². The van der Waals surface area contributed by atoms with Gasteiger partial charge in [0.05, 0.1) is 5.69 Å². The van der Waals surface area contributed by atoms with Crippen LogP contribution < -0.4 is 4.90 Å².